The molecule has 3 rings (SSSR count). The molecule has 1 aliphatic heterocycles. The highest BCUT2D eigenvalue weighted by Crippen LogP contribution is 2.21. The molecule has 0 amide bonds. The minimum Gasteiger partial charge on any atom is -0.330 e. The fourth-order valence-electron chi connectivity index (χ4n) is 3.07. The van der Waals surface area contributed by atoms with Gasteiger partial charge in [0.05, 0.1) is 11.4 Å². The number of benzene rings is 1. The van der Waals surface area contributed by atoms with Crippen molar-refractivity contribution in [1.29, 1.82) is 0 Å². The molecule has 0 saturated carbocycles. The summed E-state index contributed by atoms with van der Waals surface area (Å²) in [6.45, 7) is 4.12. The van der Waals surface area contributed by atoms with Gasteiger partial charge < -0.3 is 5.73 Å². The Morgan fingerprint density at radius 1 is 1.10 bits per heavy atom. The molecule has 0 bridgehead atoms. The molecule has 4 nitrogen and oxygen atoms in total. The van der Waals surface area contributed by atoms with Crippen LogP contribution in [0.4, 0.5) is 0 Å². The van der Waals surface area contributed by atoms with Gasteiger partial charge in [-0.05, 0) is 63.0 Å². The van der Waals surface area contributed by atoms with E-state index >= 15 is 0 Å². The number of likely N-dealkylation sites (tertiary alicyclic amines) is 1. The van der Waals surface area contributed by atoms with Crippen molar-refractivity contribution >= 4 is 0 Å². The lowest BCUT2D eigenvalue weighted by Crippen LogP contribution is -2.34. The fourth-order valence-corrected chi connectivity index (χ4v) is 3.07. The Bertz CT molecular complexity index is 541. The van der Waals surface area contributed by atoms with E-state index in [0.29, 0.717) is 0 Å². The number of aromatic nitrogens is 2. The van der Waals surface area contributed by atoms with Gasteiger partial charge in [0, 0.05) is 12.7 Å². The highest BCUT2D eigenvalue weighted by atomic mass is 15.3. The second-order valence-electron chi connectivity index (χ2n) is 5.88. The average Bonchev–Trinajstić information content (AvgIpc) is 2.99. The number of nitrogens with two attached hydrogens (primary N) is 1. The van der Waals surface area contributed by atoms with Crippen LogP contribution in [0.2, 0.25) is 0 Å². The van der Waals surface area contributed by atoms with Crippen LogP contribution in [0.3, 0.4) is 0 Å². The highest BCUT2D eigenvalue weighted by Gasteiger charge is 2.19. The number of hydrogen-bond donors (Lipinski definition) is 1. The molecule has 0 atom stereocenters. The van der Waals surface area contributed by atoms with Gasteiger partial charge in [0.25, 0.3) is 0 Å². The van der Waals surface area contributed by atoms with Crippen molar-refractivity contribution in [2.75, 3.05) is 19.6 Å². The Morgan fingerprint density at radius 3 is 2.57 bits per heavy atom. The van der Waals surface area contributed by atoms with E-state index in [-0.39, 0.29) is 0 Å². The molecule has 2 heterocycles. The normalized spacial score (nSPS) is 17.2. The second kappa shape index (κ2) is 6.87. The van der Waals surface area contributed by atoms with Crippen molar-refractivity contribution in [1.82, 2.24) is 14.7 Å². The van der Waals surface area contributed by atoms with E-state index in [1.165, 1.54) is 32.4 Å². The van der Waals surface area contributed by atoms with Crippen molar-refractivity contribution in [2.45, 2.75) is 25.8 Å². The van der Waals surface area contributed by atoms with Crippen molar-refractivity contribution < 1.29 is 0 Å². The molecular weight excluding hydrogens is 260 g/mol. The minimum absolute atomic E-state index is 0.826. The average molecular weight is 284 g/mol. The lowest BCUT2D eigenvalue weighted by molar-refractivity contribution is 0.171. The van der Waals surface area contributed by atoms with Crippen LogP contribution in [0, 0.1) is 5.92 Å². The quantitative estimate of drug-likeness (QED) is 0.917. The Labute approximate surface area is 126 Å². The molecule has 2 N–H and O–H groups in total. The zero-order chi connectivity index (χ0) is 14.5. The van der Waals surface area contributed by atoms with Crippen LogP contribution in [0.5, 0.6) is 0 Å². The molecule has 2 aromatic rings. The first kappa shape index (κ1) is 14.3. The van der Waals surface area contributed by atoms with Crippen molar-refractivity contribution in [2.24, 2.45) is 11.7 Å². The zero-order valence-electron chi connectivity index (χ0n) is 12.5. The molecule has 1 fully saturated rings. The Hall–Kier alpha value is -1.65. The summed E-state index contributed by atoms with van der Waals surface area (Å²) in [5.74, 6) is 0.827. The van der Waals surface area contributed by atoms with Crippen LogP contribution in [-0.2, 0) is 6.54 Å². The maximum absolute atomic E-state index is 5.65. The summed E-state index contributed by atoms with van der Waals surface area (Å²) in [5.41, 5.74) is 7.91. The second-order valence-corrected chi connectivity index (χ2v) is 5.88. The van der Waals surface area contributed by atoms with Crippen molar-refractivity contribution in [3.8, 4) is 5.69 Å². The number of hydrogen-bond acceptors (Lipinski definition) is 3. The first-order valence-electron chi connectivity index (χ1n) is 7.87. The molecule has 21 heavy (non-hydrogen) atoms. The summed E-state index contributed by atoms with van der Waals surface area (Å²) in [6, 6.07) is 12.4. The predicted molar refractivity (Wildman–Crippen MR) is 85.2 cm³/mol. The van der Waals surface area contributed by atoms with E-state index in [4.69, 9.17) is 5.73 Å². The molecule has 0 aliphatic carbocycles. The lowest BCUT2D eigenvalue weighted by Gasteiger charge is -2.31. The van der Waals surface area contributed by atoms with Gasteiger partial charge in [-0.1, -0.05) is 18.2 Å². The summed E-state index contributed by atoms with van der Waals surface area (Å²) < 4.78 is 1.95. The Morgan fingerprint density at radius 2 is 1.86 bits per heavy atom. The van der Waals surface area contributed by atoms with Crippen LogP contribution in [-0.4, -0.2) is 34.3 Å². The van der Waals surface area contributed by atoms with E-state index < -0.39 is 0 Å². The molecule has 4 heteroatoms. The lowest BCUT2D eigenvalue weighted by atomic mass is 9.93. The van der Waals surface area contributed by atoms with E-state index in [9.17, 15) is 0 Å². The van der Waals surface area contributed by atoms with Crippen LogP contribution in [0.15, 0.2) is 42.6 Å². The predicted octanol–water partition coefficient (Wildman–Crippen LogP) is 2.43. The van der Waals surface area contributed by atoms with Crippen LogP contribution in [0.25, 0.3) is 5.69 Å². The molecule has 0 radical (unpaired) electrons. The largest absolute Gasteiger partial charge is 0.330 e. The SMILES string of the molecule is NCCC1CCN(Cc2ccn(-c3ccccc3)n2)CC1. The maximum atomic E-state index is 5.65. The van der Waals surface area contributed by atoms with E-state index in [1.54, 1.807) is 0 Å². The van der Waals surface area contributed by atoms with Crippen LogP contribution in [0.1, 0.15) is 25.0 Å². The topological polar surface area (TPSA) is 47.1 Å². The first-order valence-corrected chi connectivity index (χ1v) is 7.87. The molecule has 1 aromatic heterocycles. The number of para-hydroxylation sites is 1. The number of piperidine rings is 1. The fraction of sp³-hybridized carbons (Fsp3) is 0.471. The van der Waals surface area contributed by atoms with Gasteiger partial charge in [0.15, 0.2) is 0 Å². The van der Waals surface area contributed by atoms with Crippen molar-refractivity contribution in [3.63, 3.8) is 0 Å². The van der Waals surface area contributed by atoms with Crippen LogP contribution < -0.4 is 5.73 Å². The molecule has 112 valence electrons. The van der Waals surface area contributed by atoms with Gasteiger partial charge in [-0.3, -0.25) is 4.90 Å². The zero-order valence-corrected chi connectivity index (χ0v) is 12.5. The minimum atomic E-state index is 0.826. The van der Waals surface area contributed by atoms with Gasteiger partial charge in [0.2, 0.25) is 0 Å². The molecule has 1 aliphatic rings. The standard InChI is InChI=1S/C17H24N4/c18-10-6-15-7-11-20(12-8-15)14-16-9-13-21(19-16)17-4-2-1-3-5-17/h1-5,9,13,15H,6-8,10-12,14,18H2. The third kappa shape index (κ3) is 3.71. The summed E-state index contributed by atoms with van der Waals surface area (Å²) in [6.07, 6.45) is 5.77. The van der Waals surface area contributed by atoms with Gasteiger partial charge in [-0.2, -0.15) is 5.10 Å². The number of rotatable bonds is 5. The smallest absolute Gasteiger partial charge is 0.0769 e. The monoisotopic (exact) mass is 284 g/mol. The molecular formula is C17H24N4. The summed E-state index contributed by atoms with van der Waals surface area (Å²) in [7, 11) is 0. The number of nitrogens with zero attached hydrogens (tertiary/aromatic N) is 3. The molecule has 1 aromatic carbocycles. The molecule has 0 unspecified atom stereocenters. The highest BCUT2D eigenvalue weighted by molar-refractivity contribution is 5.30. The summed E-state index contributed by atoms with van der Waals surface area (Å²) in [5, 5.41) is 4.68. The van der Waals surface area contributed by atoms with Crippen molar-refractivity contribution in [3.05, 3.63) is 48.3 Å². The summed E-state index contributed by atoms with van der Waals surface area (Å²) >= 11 is 0. The van der Waals surface area contributed by atoms with Gasteiger partial charge >= 0.3 is 0 Å². The van der Waals surface area contributed by atoms with E-state index in [0.717, 1.165) is 30.4 Å². The van der Waals surface area contributed by atoms with Crippen LogP contribution >= 0.6 is 0 Å². The third-order valence-corrected chi connectivity index (χ3v) is 4.33. The Balaban J connectivity index is 1.56. The van der Waals surface area contributed by atoms with Gasteiger partial charge in [-0.15, -0.1) is 0 Å². The Kier molecular flexibility index (Phi) is 4.68. The maximum Gasteiger partial charge on any atom is 0.0769 e. The summed E-state index contributed by atoms with van der Waals surface area (Å²) in [4.78, 5) is 2.50. The van der Waals surface area contributed by atoms with E-state index in [1.807, 2.05) is 29.1 Å². The van der Waals surface area contributed by atoms with Gasteiger partial charge in [-0.25, -0.2) is 4.68 Å². The molecule has 1 saturated heterocycles. The van der Waals surface area contributed by atoms with E-state index in [2.05, 4.69) is 28.2 Å². The third-order valence-electron chi connectivity index (χ3n) is 4.33. The first-order chi connectivity index (χ1) is 10.3. The van der Waals surface area contributed by atoms with Gasteiger partial charge in [0.1, 0.15) is 0 Å². The molecule has 0 spiro atoms.